The number of hydrogen-bond donors (Lipinski definition) is 0. The second-order valence-corrected chi connectivity index (χ2v) is 8.42. The highest BCUT2D eigenvalue weighted by atomic mass is 32.2. The molecule has 0 radical (unpaired) electrons. The lowest BCUT2D eigenvalue weighted by Crippen LogP contribution is -2.50. The number of hydrogen-bond acceptors (Lipinski definition) is 4. The van der Waals surface area contributed by atoms with Crippen LogP contribution in [0.4, 0.5) is 13.2 Å². The van der Waals surface area contributed by atoms with Crippen molar-refractivity contribution in [2.75, 3.05) is 33.3 Å². The van der Waals surface area contributed by atoms with Crippen LogP contribution in [0, 0.1) is 17.5 Å². The lowest BCUT2D eigenvalue weighted by Gasteiger charge is -2.33. The number of halogens is 3. The summed E-state index contributed by atoms with van der Waals surface area (Å²) in [5, 5.41) is 0. The van der Waals surface area contributed by atoms with Gasteiger partial charge in [-0.15, -0.1) is 0 Å². The number of ether oxygens (including phenoxy) is 1. The van der Waals surface area contributed by atoms with Crippen LogP contribution in [0.3, 0.4) is 0 Å². The Labute approximate surface area is 172 Å². The third kappa shape index (κ3) is 4.49. The molecule has 1 heterocycles. The van der Waals surface area contributed by atoms with Crippen LogP contribution in [-0.4, -0.2) is 56.8 Å². The minimum Gasteiger partial charge on any atom is -0.497 e. The Morgan fingerprint density at radius 2 is 1.73 bits per heavy atom. The summed E-state index contributed by atoms with van der Waals surface area (Å²) in [5.41, 5.74) is 0.762. The summed E-state index contributed by atoms with van der Waals surface area (Å²) in [5.74, 6) is -4.73. The van der Waals surface area contributed by atoms with E-state index in [1.807, 2.05) is 0 Å². The van der Waals surface area contributed by atoms with Gasteiger partial charge in [-0.3, -0.25) is 4.79 Å². The van der Waals surface area contributed by atoms with Crippen molar-refractivity contribution in [1.82, 2.24) is 9.21 Å². The third-order valence-corrected chi connectivity index (χ3v) is 6.60. The van der Waals surface area contributed by atoms with Gasteiger partial charge in [0, 0.05) is 32.3 Å². The Balaban J connectivity index is 1.66. The Hall–Kier alpha value is -2.85. The summed E-state index contributed by atoms with van der Waals surface area (Å²) in [7, 11) is -2.83. The molecule has 2 aromatic rings. The zero-order valence-electron chi connectivity index (χ0n) is 16.0. The fourth-order valence-corrected chi connectivity index (χ4v) is 4.49. The third-order valence-electron chi connectivity index (χ3n) is 4.68. The molecular weight excluding hydrogens is 421 g/mol. The van der Waals surface area contributed by atoms with Gasteiger partial charge in [0.25, 0.3) is 0 Å². The van der Waals surface area contributed by atoms with Crippen LogP contribution in [0.2, 0.25) is 0 Å². The van der Waals surface area contributed by atoms with E-state index in [1.54, 1.807) is 30.3 Å². The maximum absolute atomic E-state index is 13.9. The Bertz CT molecular complexity index is 1080. The van der Waals surface area contributed by atoms with E-state index < -0.39 is 32.4 Å². The fraction of sp³-hybridized carbons (Fsp3) is 0.250. The molecule has 0 spiro atoms. The summed E-state index contributed by atoms with van der Waals surface area (Å²) < 4.78 is 71.7. The summed E-state index contributed by atoms with van der Waals surface area (Å²) in [4.78, 5) is 12.9. The van der Waals surface area contributed by atoms with Crippen molar-refractivity contribution < 1.29 is 31.1 Å². The number of nitrogens with zero attached hydrogens (tertiary/aromatic N) is 2. The highest BCUT2D eigenvalue weighted by Gasteiger charge is 2.33. The van der Waals surface area contributed by atoms with E-state index in [4.69, 9.17) is 4.74 Å². The number of amides is 1. The van der Waals surface area contributed by atoms with Crippen LogP contribution in [-0.2, 0) is 14.8 Å². The van der Waals surface area contributed by atoms with Gasteiger partial charge in [-0.2, -0.15) is 4.31 Å². The summed E-state index contributed by atoms with van der Waals surface area (Å²) in [6.45, 7) is -0.0450. The second-order valence-electron chi connectivity index (χ2n) is 6.51. The van der Waals surface area contributed by atoms with E-state index in [2.05, 4.69) is 0 Å². The zero-order valence-corrected chi connectivity index (χ0v) is 16.8. The molecule has 160 valence electrons. The van der Waals surface area contributed by atoms with Gasteiger partial charge in [0.1, 0.15) is 10.6 Å². The first-order valence-electron chi connectivity index (χ1n) is 8.98. The molecule has 10 heteroatoms. The summed E-state index contributed by atoms with van der Waals surface area (Å²) in [6.07, 6.45) is 2.98. The highest BCUT2D eigenvalue weighted by Crippen LogP contribution is 2.24. The molecule has 1 fully saturated rings. The molecule has 0 saturated carbocycles. The SMILES string of the molecule is COc1cccc(C=CC(=O)N2CCN(S(=O)(=O)c3ccc(F)c(F)c3F)CC2)c1. The zero-order chi connectivity index (χ0) is 21.9. The fourth-order valence-electron chi connectivity index (χ4n) is 3.01. The average Bonchev–Trinajstić information content (AvgIpc) is 2.76. The Kier molecular flexibility index (Phi) is 6.47. The largest absolute Gasteiger partial charge is 0.497 e. The summed E-state index contributed by atoms with van der Waals surface area (Å²) >= 11 is 0. The van der Waals surface area contributed by atoms with Crippen molar-refractivity contribution >= 4 is 22.0 Å². The predicted octanol–water partition coefficient (Wildman–Crippen LogP) is 2.66. The van der Waals surface area contributed by atoms with Crippen LogP contribution in [0.1, 0.15) is 5.56 Å². The monoisotopic (exact) mass is 440 g/mol. The molecule has 0 unspecified atom stereocenters. The van der Waals surface area contributed by atoms with Gasteiger partial charge < -0.3 is 9.64 Å². The van der Waals surface area contributed by atoms with Gasteiger partial charge in [0.05, 0.1) is 7.11 Å². The van der Waals surface area contributed by atoms with E-state index in [-0.39, 0.29) is 32.1 Å². The number of carbonyl (C=O) groups excluding carboxylic acids is 1. The molecule has 0 N–H and O–H groups in total. The normalized spacial score (nSPS) is 15.5. The van der Waals surface area contributed by atoms with Crippen molar-refractivity contribution in [2.24, 2.45) is 0 Å². The first-order valence-corrected chi connectivity index (χ1v) is 10.4. The van der Waals surface area contributed by atoms with Crippen molar-refractivity contribution in [3.63, 3.8) is 0 Å². The molecule has 30 heavy (non-hydrogen) atoms. The smallest absolute Gasteiger partial charge is 0.246 e. The number of carbonyl (C=O) groups is 1. The molecule has 1 saturated heterocycles. The van der Waals surface area contributed by atoms with Gasteiger partial charge in [-0.25, -0.2) is 21.6 Å². The second kappa shape index (κ2) is 8.88. The van der Waals surface area contributed by atoms with E-state index in [9.17, 15) is 26.4 Å². The predicted molar refractivity (Wildman–Crippen MR) is 104 cm³/mol. The minimum atomic E-state index is -4.36. The van der Waals surface area contributed by atoms with Crippen molar-refractivity contribution in [1.29, 1.82) is 0 Å². The van der Waals surface area contributed by atoms with Crippen LogP contribution in [0.5, 0.6) is 5.75 Å². The average molecular weight is 440 g/mol. The molecule has 0 atom stereocenters. The standard InChI is InChI=1S/C20H19F3N2O4S/c1-29-15-4-2-3-14(13-15)5-8-18(26)24-9-11-25(12-10-24)30(27,28)17-7-6-16(21)19(22)20(17)23/h2-8,13H,9-12H2,1H3. The van der Waals surface area contributed by atoms with E-state index in [1.165, 1.54) is 18.1 Å². The minimum absolute atomic E-state index is 0.0752. The van der Waals surface area contributed by atoms with E-state index >= 15 is 0 Å². The molecule has 1 aliphatic rings. The van der Waals surface area contributed by atoms with Crippen LogP contribution in [0.25, 0.3) is 6.08 Å². The van der Waals surface area contributed by atoms with Crippen molar-refractivity contribution in [3.8, 4) is 5.75 Å². The quantitative estimate of drug-likeness (QED) is 0.530. The molecule has 0 aromatic heterocycles. The van der Waals surface area contributed by atoms with Crippen LogP contribution in [0.15, 0.2) is 47.4 Å². The Morgan fingerprint density at radius 3 is 2.40 bits per heavy atom. The molecule has 2 aromatic carbocycles. The van der Waals surface area contributed by atoms with Gasteiger partial charge in [0.2, 0.25) is 15.9 Å². The molecule has 0 aliphatic carbocycles. The molecule has 6 nitrogen and oxygen atoms in total. The lowest BCUT2D eigenvalue weighted by atomic mass is 10.2. The number of methoxy groups -OCH3 is 1. The van der Waals surface area contributed by atoms with E-state index in [0.717, 1.165) is 9.87 Å². The van der Waals surface area contributed by atoms with Gasteiger partial charge in [0.15, 0.2) is 17.5 Å². The number of rotatable bonds is 5. The number of piperazine rings is 1. The Morgan fingerprint density at radius 1 is 1.03 bits per heavy atom. The number of benzene rings is 2. The molecule has 1 amide bonds. The lowest BCUT2D eigenvalue weighted by molar-refractivity contribution is -0.127. The number of sulfonamides is 1. The van der Waals surface area contributed by atoms with Crippen LogP contribution >= 0.6 is 0 Å². The molecule has 3 rings (SSSR count). The van der Waals surface area contributed by atoms with Gasteiger partial charge in [-0.1, -0.05) is 12.1 Å². The van der Waals surface area contributed by atoms with Crippen molar-refractivity contribution in [3.05, 3.63) is 65.5 Å². The van der Waals surface area contributed by atoms with E-state index in [0.29, 0.717) is 17.9 Å². The van der Waals surface area contributed by atoms with Gasteiger partial charge in [-0.05, 0) is 35.9 Å². The maximum Gasteiger partial charge on any atom is 0.246 e. The van der Waals surface area contributed by atoms with Crippen LogP contribution < -0.4 is 4.74 Å². The highest BCUT2D eigenvalue weighted by molar-refractivity contribution is 7.89. The first kappa shape index (κ1) is 21.8. The first-order chi connectivity index (χ1) is 14.2. The topological polar surface area (TPSA) is 66.9 Å². The maximum atomic E-state index is 13.9. The molecule has 1 aliphatic heterocycles. The summed E-state index contributed by atoms with van der Waals surface area (Å²) in [6, 6.07) is 8.36. The molecular formula is C20H19F3N2O4S. The van der Waals surface area contributed by atoms with Gasteiger partial charge >= 0.3 is 0 Å². The van der Waals surface area contributed by atoms with Crippen molar-refractivity contribution in [2.45, 2.75) is 4.90 Å². The molecule has 0 bridgehead atoms.